The number of pyridine rings is 3. The Bertz CT molecular complexity index is 1510. The molecule has 0 saturated carbocycles. The van der Waals surface area contributed by atoms with Gasteiger partial charge in [-0.15, -0.1) is 0 Å². The molecule has 0 fully saturated rings. The average Bonchev–Trinajstić information content (AvgIpc) is 3.51. The number of nitrogens with zero attached hydrogens (tertiary/aromatic N) is 4. The van der Waals surface area contributed by atoms with Gasteiger partial charge in [0.05, 0.1) is 28.6 Å². The van der Waals surface area contributed by atoms with Crippen LogP contribution in [0.4, 0.5) is 0 Å². The molecule has 0 spiro atoms. The van der Waals surface area contributed by atoms with Crippen LogP contribution in [0.15, 0.2) is 65.9 Å². The van der Waals surface area contributed by atoms with Crippen molar-refractivity contribution in [3.05, 3.63) is 71.4 Å². The molecule has 0 unspecified atom stereocenters. The van der Waals surface area contributed by atoms with Crippen LogP contribution in [-0.4, -0.2) is 30.1 Å². The predicted molar refractivity (Wildman–Crippen MR) is 120 cm³/mol. The number of thiophene rings is 1. The van der Waals surface area contributed by atoms with Crippen molar-refractivity contribution in [2.75, 3.05) is 0 Å². The molecule has 144 valence electrons. The minimum absolute atomic E-state index is 0.792. The summed E-state index contributed by atoms with van der Waals surface area (Å²) in [5, 5.41) is 13.0. The summed E-state index contributed by atoms with van der Waals surface area (Å²) < 4.78 is 0. The second-order valence-corrected chi connectivity index (χ2v) is 7.98. The van der Waals surface area contributed by atoms with Crippen molar-refractivity contribution in [1.29, 1.82) is 0 Å². The highest BCUT2D eigenvalue weighted by molar-refractivity contribution is 7.08. The lowest BCUT2D eigenvalue weighted by atomic mass is 10.1. The molecule has 6 nitrogen and oxygen atoms in total. The standard InChI is InChI=1S/C23H16N6S/c1-13-4-6-24-9-16(13)18-2-3-19-22(27-18)23(29-28-19)20-8-15-17(14-5-7-30-12-14)10-25-11-21(15)26-20/h2-12,26H,1H3,(H,28,29). The van der Waals surface area contributed by atoms with E-state index in [0.29, 0.717) is 0 Å². The van der Waals surface area contributed by atoms with E-state index in [-0.39, 0.29) is 0 Å². The first kappa shape index (κ1) is 17.1. The van der Waals surface area contributed by atoms with E-state index in [4.69, 9.17) is 4.98 Å². The topological polar surface area (TPSA) is 83.1 Å². The lowest BCUT2D eigenvalue weighted by Crippen LogP contribution is -1.89. The van der Waals surface area contributed by atoms with E-state index in [9.17, 15) is 0 Å². The number of hydrogen-bond acceptors (Lipinski definition) is 5. The van der Waals surface area contributed by atoms with Crippen LogP contribution in [0.25, 0.3) is 55.7 Å². The number of fused-ring (bicyclic) bond motifs is 2. The largest absolute Gasteiger partial charge is 0.352 e. The SMILES string of the molecule is Cc1ccncc1-c1ccc2[nH]nc(-c3cc4c(-c5ccsc5)cncc4[nH]3)c2n1. The first-order valence-corrected chi connectivity index (χ1v) is 10.5. The summed E-state index contributed by atoms with van der Waals surface area (Å²) in [6, 6.07) is 10.2. The van der Waals surface area contributed by atoms with Gasteiger partial charge >= 0.3 is 0 Å². The van der Waals surface area contributed by atoms with Crippen LogP contribution in [-0.2, 0) is 0 Å². The zero-order valence-corrected chi connectivity index (χ0v) is 16.9. The van der Waals surface area contributed by atoms with E-state index in [2.05, 4.69) is 55.0 Å². The Kier molecular flexibility index (Phi) is 3.75. The highest BCUT2D eigenvalue weighted by Crippen LogP contribution is 2.34. The van der Waals surface area contributed by atoms with Gasteiger partial charge in [-0.25, -0.2) is 4.98 Å². The molecule has 0 aliphatic heterocycles. The molecule has 0 saturated heterocycles. The third-order valence-electron chi connectivity index (χ3n) is 5.36. The van der Waals surface area contributed by atoms with Crippen molar-refractivity contribution >= 4 is 33.3 Å². The van der Waals surface area contributed by atoms with Gasteiger partial charge in [-0.3, -0.25) is 15.1 Å². The molecule has 6 heterocycles. The third kappa shape index (κ3) is 2.63. The van der Waals surface area contributed by atoms with Gasteiger partial charge in [-0.05, 0) is 59.1 Å². The summed E-state index contributed by atoms with van der Waals surface area (Å²) in [5.41, 5.74) is 9.72. The minimum atomic E-state index is 0.792. The Morgan fingerprint density at radius 1 is 0.933 bits per heavy atom. The summed E-state index contributed by atoms with van der Waals surface area (Å²) in [6.07, 6.45) is 7.41. The normalized spacial score (nSPS) is 11.5. The molecule has 6 aromatic heterocycles. The minimum Gasteiger partial charge on any atom is -0.352 e. The predicted octanol–water partition coefficient (Wildman–Crippen LogP) is 5.60. The molecular weight excluding hydrogens is 392 g/mol. The number of nitrogens with one attached hydrogen (secondary N) is 2. The maximum Gasteiger partial charge on any atom is 0.135 e. The fraction of sp³-hybridized carbons (Fsp3) is 0.0435. The Morgan fingerprint density at radius 3 is 2.73 bits per heavy atom. The number of rotatable bonds is 3. The monoisotopic (exact) mass is 408 g/mol. The second-order valence-electron chi connectivity index (χ2n) is 7.20. The summed E-state index contributed by atoms with van der Waals surface area (Å²) in [4.78, 5) is 17.1. The van der Waals surface area contributed by atoms with Crippen LogP contribution in [0.1, 0.15) is 5.56 Å². The van der Waals surface area contributed by atoms with Crippen LogP contribution in [0.5, 0.6) is 0 Å². The summed E-state index contributed by atoms with van der Waals surface area (Å²) in [7, 11) is 0. The highest BCUT2D eigenvalue weighted by Gasteiger charge is 2.16. The van der Waals surface area contributed by atoms with E-state index in [1.807, 2.05) is 36.8 Å². The molecule has 0 aliphatic carbocycles. The molecule has 0 amide bonds. The van der Waals surface area contributed by atoms with Gasteiger partial charge in [0.15, 0.2) is 0 Å². The Labute approximate surface area is 175 Å². The molecular formula is C23H16N6S. The molecule has 0 bridgehead atoms. The number of hydrogen-bond donors (Lipinski definition) is 2. The quantitative estimate of drug-likeness (QED) is 0.399. The molecule has 0 aromatic carbocycles. The maximum absolute atomic E-state index is 4.92. The molecule has 30 heavy (non-hydrogen) atoms. The van der Waals surface area contributed by atoms with Crippen molar-refractivity contribution in [2.24, 2.45) is 0 Å². The van der Waals surface area contributed by atoms with E-state index in [1.165, 1.54) is 5.56 Å². The first-order chi connectivity index (χ1) is 14.8. The van der Waals surface area contributed by atoms with Crippen LogP contribution >= 0.6 is 11.3 Å². The molecule has 0 atom stereocenters. The Hall–Kier alpha value is -3.84. The first-order valence-electron chi connectivity index (χ1n) is 9.54. The van der Waals surface area contributed by atoms with Crippen molar-refractivity contribution < 1.29 is 0 Å². The molecule has 6 aromatic rings. The van der Waals surface area contributed by atoms with Gasteiger partial charge in [-0.1, -0.05) is 0 Å². The van der Waals surface area contributed by atoms with Gasteiger partial charge in [0.1, 0.15) is 11.2 Å². The average molecular weight is 408 g/mol. The van der Waals surface area contributed by atoms with E-state index >= 15 is 0 Å². The van der Waals surface area contributed by atoms with Gasteiger partial charge in [0, 0.05) is 35.1 Å². The van der Waals surface area contributed by atoms with E-state index in [1.54, 1.807) is 17.5 Å². The van der Waals surface area contributed by atoms with Crippen molar-refractivity contribution in [3.63, 3.8) is 0 Å². The maximum atomic E-state index is 4.92. The summed E-state index contributed by atoms with van der Waals surface area (Å²) in [5.74, 6) is 0. The van der Waals surface area contributed by atoms with E-state index in [0.717, 1.165) is 55.7 Å². The number of aromatic nitrogens is 6. The number of aromatic amines is 2. The zero-order chi connectivity index (χ0) is 20.1. The fourth-order valence-corrected chi connectivity index (χ4v) is 4.45. The smallest absolute Gasteiger partial charge is 0.135 e. The molecule has 2 N–H and O–H groups in total. The van der Waals surface area contributed by atoms with Crippen molar-refractivity contribution in [1.82, 2.24) is 30.1 Å². The van der Waals surface area contributed by atoms with Crippen molar-refractivity contribution in [3.8, 4) is 33.8 Å². The number of aryl methyl sites for hydroxylation is 1. The van der Waals surface area contributed by atoms with Crippen LogP contribution in [0.3, 0.4) is 0 Å². The highest BCUT2D eigenvalue weighted by atomic mass is 32.1. The van der Waals surface area contributed by atoms with Gasteiger partial charge in [-0.2, -0.15) is 16.4 Å². The molecule has 0 aliphatic rings. The van der Waals surface area contributed by atoms with Gasteiger partial charge in [0.25, 0.3) is 0 Å². The van der Waals surface area contributed by atoms with Gasteiger partial charge in [0.2, 0.25) is 0 Å². The summed E-state index contributed by atoms with van der Waals surface area (Å²) >= 11 is 1.68. The number of H-pyrrole nitrogens is 2. The van der Waals surface area contributed by atoms with Gasteiger partial charge < -0.3 is 4.98 Å². The molecule has 0 radical (unpaired) electrons. The third-order valence-corrected chi connectivity index (χ3v) is 6.04. The zero-order valence-electron chi connectivity index (χ0n) is 16.0. The fourth-order valence-electron chi connectivity index (χ4n) is 3.80. The van der Waals surface area contributed by atoms with Crippen molar-refractivity contribution in [2.45, 2.75) is 6.92 Å². The molecule has 7 heteroatoms. The lowest BCUT2D eigenvalue weighted by Gasteiger charge is -2.04. The molecule has 6 rings (SSSR count). The van der Waals surface area contributed by atoms with Crippen LogP contribution in [0.2, 0.25) is 0 Å². The second kappa shape index (κ2) is 6.60. The van der Waals surface area contributed by atoms with Crippen LogP contribution < -0.4 is 0 Å². The van der Waals surface area contributed by atoms with Crippen LogP contribution in [0, 0.1) is 6.92 Å². The Morgan fingerprint density at radius 2 is 1.87 bits per heavy atom. The lowest BCUT2D eigenvalue weighted by molar-refractivity contribution is 1.12. The van der Waals surface area contributed by atoms with E-state index < -0.39 is 0 Å². The summed E-state index contributed by atoms with van der Waals surface area (Å²) in [6.45, 7) is 2.07. The Balaban J connectivity index is 1.53.